The smallest absolute Gasteiger partial charge is 0.256 e. The molecule has 256 valence electrons. The van der Waals surface area contributed by atoms with E-state index in [-0.39, 0.29) is 12.1 Å². The third-order valence-electron chi connectivity index (χ3n) is 9.54. The third kappa shape index (κ3) is 8.06. The molecule has 48 heavy (non-hydrogen) atoms. The van der Waals surface area contributed by atoms with E-state index >= 15 is 0 Å². The molecule has 3 fully saturated rings. The van der Waals surface area contributed by atoms with Crippen LogP contribution >= 0.6 is 0 Å². The first-order valence-corrected chi connectivity index (χ1v) is 17.0. The second kappa shape index (κ2) is 14.9. The summed E-state index contributed by atoms with van der Waals surface area (Å²) in [6, 6.07) is 9.59. The Morgan fingerprint density at radius 1 is 1.10 bits per heavy atom. The fourth-order valence-electron chi connectivity index (χ4n) is 7.05. The summed E-state index contributed by atoms with van der Waals surface area (Å²) in [7, 11) is 0. The van der Waals surface area contributed by atoms with Crippen LogP contribution in [0, 0.1) is 11.3 Å². The zero-order valence-corrected chi connectivity index (χ0v) is 28.1. The molecule has 2 aromatic heterocycles. The number of nitrogens with zero attached hydrogens (tertiary/aromatic N) is 7. The Morgan fingerprint density at radius 3 is 2.46 bits per heavy atom. The Bertz CT molecular complexity index is 1570. The molecular formula is C35H47N9O4. The average molecular weight is 658 g/mol. The summed E-state index contributed by atoms with van der Waals surface area (Å²) in [6.45, 7) is 7.84. The molecule has 1 aromatic carbocycles. The maximum absolute atomic E-state index is 10.2. The van der Waals surface area contributed by atoms with Crippen molar-refractivity contribution >= 4 is 18.0 Å². The molecule has 3 aromatic rings. The van der Waals surface area contributed by atoms with Gasteiger partial charge in [-0.25, -0.2) is 9.97 Å². The van der Waals surface area contributed by atoms with Gasteiger partial charge in [0.1, 0.15) is 23.6 Å². The number of ether oxygens (including phenoxy) is 3. The molecular weight excluding hydrogens is 610 g/mol. The second-order valence-corrected chi connectivity index (χ2v) is 13.8. The largest absolute Gasteiger partial charge is 0.487 e. The van der Waals surface area contributed by atoms with Gasteiger partial charge in [-0.1, -0.05) is 6.07 Å². The minimum atomic E-state index is -0.848. The number of hydrogen-bond donors (Lipinski definition) is 3. The summed E-state index contributed by atoms with van der Waals surface area (Å²) in [6.07, 6.45) is 13.8. The van der Waals surface area contributed by atoms with E-state index in [2.05, 4.69) is 31.2 Å². The van der Waals surface area contributed by atoms with Crippen LogP contribution in [-0.4, -0.2) is 92.3 Å². The van der Waals surface area contributed by atoms with Gasteiger partial charge < -0.3 is 30.4 Å². The van der Waals surface area contributed by atoms with E-state index in [9.17, 15) is 10.4 Å². The molecule has 0 unspecified atom stereocenters. The lowest BCUT2D eigenvalue weighted by Gasteiger charge is -2.43. The summed E-state index contributed by atoms with van der Waals surface area (Å²) in [5.41, 5.74) is 7.20. The predicted molar refractivity (Wildman–Crippen MR) is 182 cm³/mol. The fourth-order valence-corrected chi connectivity index (χ4v) is 7.05. The number of aliphatic hydroxyl groups is 1. The van der Waals surface area contributed by atoms with Crippen LogP contribution in [0.4, 0.5) is 11.6 Å². The van der Waals surface area contributed by atoms with Gasteiger partial charge >= 0.3 is 0 Å². The maximum atomic E-state index is 10.2. The van der Waals surface area contributed by atoms with Gasteiger partial charge in [0.2, 0.25) is 5.95 Å². The number of anilines is 2. The van der Waals surface area contributed by atoms with Gasteiger partial charge in [-0.05, 0) is 77.0 Å². The number of aliphatic imine (C=N–C) groups is 1. The SMILES string of the molecule is C[C@@H](CN=CN)Oc1cc(-c2cnc(Nc3cn(C4CCC(N5[C@@H]6CC[C@H]5COC6)CC4)nc3OCCC(C)(C)O)nc2)ccc1C#N. The number of fused-ring (bicyclic) bond motifs is 2. The van der Waals surface area contributed by atoms with Crippen LogP contribution in [0.15, 0.2) is 41.8 Å². The topological polar surface area (TPSA) is 169 Å². The normalized spacial score (nSPS) is 23.6. The Balaban J connectivity index is 1.15. The van der Waals surface area contributed by atoms with Crippen LogP contribution in [-0.2, 0) is 4.74 Å². The van der Waals surface area contributed by atoms with Crippen molar-refractivity contribution in [2.45, 2.75) is 102 Å². The Kier molecular flexibility index (Phi) is 10.4. The Hall–Kier alpha value is -4.25. The van der Waals surface area contributed by atoms with Gasteiger partial charge in [0.25, 0.3) is 5.88 Å². The summed E-state index contributed by atoms with van der Waals surface area (Å²) in [4.78, 5) is 15.9. The van der Waals surface area contributed by atoms with Crippen molar-refractivity contribution in [3.05, 3.63) is 42.4 Å². The van der Waals surface area contributed by atoms with Crippen molar-refractivity contribution in [2.75, 3.05) is 31.7 Å². The van der Waals surface area contributed by atoms with Crippen molar-refractivity contribution in [3.63, 3.8) is 0 Å². The molecule has 6 rings (SSSR count). The van der Waals surface area contributed by atoms with Gasteiger partial charge in [0, 0.05) is 42.5 Å². The van der Waals surface area contributed by atoms with E-state index in [4.69, 9.17) is 25.0 Å². The van der Waals surface area contributed by atoms with Crippen LogP contribution in [0.5, 0.6) is 11.6 Å². The number of benzene rings is 1. The number of nitrogens with one attached hydrogen (secondary N) is 1. The summed E-state index contributed by atoms with van der Waals surface area (Å²) >= 11 is 0. The first-order chi connectivity index (χ1) is 23.2. The van der Waals surface area contributed by atoms with Crippen LogP contribution in [0.1, 0.15) is 77.3 Å². The Morgan fingerprint density at radius 2 is 1.79 bits per heavy atom. The van der Waals surface area contributed by atoms with E-state index in [1.165, 1.54) is 19.2 Å². The third-order valence-corrected chi connectivity index (χ3v) is 9.54. The van der Waals surface area contributed by atoms with Crippen LogP contribution in [0.3, 0.4) is 0 Å². The van der Waals surface area contributed by atoms with Gasteiger partial charge in [-0.2, -0.15) is 5.26 Å². The molecule has 3 aliphatic rings. The zero-order chi connectivity index (χ0) is 33.7. The van der Waals surface area contributed by atoms with Gasteiger partial charge in [-0.15, -0.1) is 5.10 Å². The van der Waals surface area contributed by atoms with E-state index < -0.39 is 5.60 Å². The molecule has 13 nitrogen and oxygen atoms in total. The molecule has 0 spiro atoms. The average Bonchev–Trinajstić information content (AvgIpc) is 3.59. The molecule has 2 saturated heterocycles. The highest BCUT2D eigenvalue weighted by Crippen LogP contribution is 2.39. The molecule has 13 heteroatoms. The summed E-state index contributed by atoms with van der Waals surface area (Å²) in [5.74, 6) is 1.32. The first kappa shape index (κ1) is 33.6. The number of aromatic nitrogens is 4. The van der Waals surface area contributed by atoms with Crippen LogP contribution in [0.25, 0.3) is 11.1 Å². The van der Waals surface area contributed by atoms with Crippen molar-refractivity contribution in [1.29, 1.82) is 5.26 Å². The van der Waals surface area contributed by atoms with Crippen molar-refractivity contribution < 1.29 is 19.3 Å². The molecule has 2 bridgehead atoms. The standard InChI is InChI=1S/C35H47N9O4/c1-23(16-38-22-37)48-32-14-24(4-5-25(32)15-36)26-17-39-34(40-18-26)41-31-19-43(42-33(31)47-13-12-35(2,3)45)27-6-8-28(9-7-27)44-29-10-11-30(44)21-46-20-29/h4-5,14,17-19,22-23,27-30,45H,6-13,16,20-21H2,1-3H3,(H2,37,38)(H,39,40,41)/t23-,27?,28?,29-,30+/m0/s1. The fraction of sp³-hybridized carbons (Fsp3) is 0.571. The number of rotatable bonds is 13. The molecule has 2 aliphatic heterocycles. The highest BCUT2D eigenvalue weighted by Gasteiger charge is 2.42. The molecule has 4 N–H and O–H groups in total. The monoisotopic (exact) mass is 657 g/mol. The van der Waals surface area contributed by atoms with E-state index in [0.717, 1.165) is 50.0 Å². The molecule has 0 radical (unpaired) electrons. The quantitative estimate of drug-likeness (QED) is 0.174. The zero-order valence-electron chi connectivity index (χ0n) is 28.1. The van der Waals surface area contributed by atoms with E-state index in [1.54, 1.807) is 32.3 Å². The summed E-state index contributed by atoms with van der Waals surface area (Å²) in [5, 5.41) is 28.0. The predicted octanol–water partition coefficient (Wildman–Crippen LogP) is 4.60. The van der Waals surface area contributed by atoms with Gasteiger partial charge in [0.05, 0.1) is 56.1 Å². The van der Waals surface area contributed by atoms with Crippen LogP contribution < -0.4 is 20.5 Å². The molecule has 1 aliphatic carbocycles. The molecule has 3 atom stereocenters. The highest BCUT2D eigenvalue weighted by atomic mass is 16.5. The summed E-state index contributed by atoms with van der Waals surface area (Å²) < 4.78 is 19.9. The number of hydrogen-bond acceptors (Lipinski definition) is 11. The van der Waals surface area contributed by atoms with E-state index in [0.29, 0.717) is 66.5 Å². The van der Waals surface area contributed by atoms with Crippen molar-refractivity contribution in [2.24, 2.45) is 10.7 Å². The van der Waals surface area contributed by atoms with Crippen molar-refractivity contribution in [3.8, 4) is 28.8 Å². The minimum Gasteiger partial charge on any atom is -0.487 e. The van der Waals surface area contributed by atoms with Gasteiger partial charge in [0.15, 0.2) is 0 Å². The van der Waals surface area contributed by atoms with E-state index in [1.807, 2.05) is 29.9 Å². The lowest BCUT2D eigenvalue weighted by Crippen LogP contribution is -2.52. The van der Waals surface area contributed by atoms with Crippen molar-refractivity contribution in [1.82, 2.24) is 24.6 Å². The van der Waals surface area contributed by atoms with Gasteiger partial charge in [-0.3, -0.25) is 14.6 Å². The second-order valence-electron chi connectivity index (χ2n) is 13.8. The first-order valence-electron chi connectivity index (χ1n) is 17.0. The number of nitriles is 1. The molecule has 0 amide bonds. The number of nitrogens with two attached hydrogens (primary N) is 1. The lowest BCUT2D eigenvalue weighted by atomic mass is 9.89. The maximum Gasteiger partial charge on any atom is 0.256 e. The molecule has 4 heterocycles. The van der Waals surface area contributed by atoms with Crippen LogP contribution in [0.2, 0.25) is 0 Å². The molecule has 1 saturated carbocycles. The minimum absolute atomic E-state index is 0.259. The lowest BCUT2D eigenvalue weighted by molar-refractivity contribution is -0.0458. The Labute approximate surface area is 282 Å². The number of morpholine rings is 1. The highest BCUT2D eigenvalue weighted by molar-refractivity contribution is 5.67.